The predicted octanol–water partition coefficient (Wildman–Crippen LogP) is 4.94. The Morgan fingerprint density at radius 1 is 1.11 bits per heavy atom. The first-order chi connectivity index (χ1) is 9.00. The second-order valence-electron chi connectivity index (χ2n) is 4.69. The molecule has 0 heterocycles. The van der Waals surface area contributed by atoms with Gasteiger partial charge >= 0.3 is 6.18 Å². The normalized spacial score (nSPS) is 13.5. The van der Waals surface area contributed by atoms with E-state index in [-0.39, 0.29) is 6.04 Å². The van der Waals surface area contributed by atoms with Gasteiger partial charge < -0.3 is 5.32 Å². The Morgan fingerprint density at radius 3 is 2.37 bits per heavy atom. The van der Waals surface area contributed by atoms with Crippen LogP contribution in [0.1, 0.15) is 56.7 Å². The van der Waals surface area contributed by atoms with Gasteiger partial charge in [-0.3, -0.25) is 0 Å². The highest BCUT2D eigenvalue weighted by atomic mass is 19.4. The summed E-state index contributed by atoms with van der Waals surface area (Å²) in [7, 11) is 0. The van der Waals surface area contributed by atoms with Crippen LogP contribution in [0, 0.1) is 0 Å². The average Bonchev–Trinajstić information content (AvgIpc) is 2.37. The van der Waals surface area contributed by atoms with E-state index in [0.717, 1.165) is 25.7 Å². The smallest absolute Gasteiger partial charge is 0.310 e. The number of alkyl halides is 3. The Labute approximate surface area is 113 Å². The molecule has 0 aromatic heterocycles. The third-order valence-electron chi connectivity index (χ3n) is 3.19. The first-order valence-electron chi connectivity index (χ1n) is 6.90. The van der Waals surface area contributed by atoms with Crippen molar-refractivity contribution in [1.82, 2.24) is 5.32 Å². The molecule has 1 N–H and O–H groups in total. The van der Waals surface area contributed by atoms with Crippen molar-refractivity contribution in [3.63, 3.8) is 0 Å². The van der Waals surface area contributed by atoms with Gasteiger partial charge in [-0.05, 0) is 24.6 Å². The first-order valence-corrected chi connectivity index (χ1v) is 6.90. The summed E-state index contributed by atoms with van der Waals surface area (Å²) in [5, 5.41) is 3.17. The monoisotopic (exact) mass is 273 g/mol. The van der Waals surface area contributed by atoms with Crippen LogP contribution in [0.25, 0.3) is 0 Å². The van der Waals surface area contributed by atoms with Crippen molar-refractivity contribution in [3.8, 4) is 0 Å². The van der Waals surface area contributed by atoms with Gasteiger partial charge in [-0.1, -0.05) is 51.3 Å². The number of nitrogens with one attached hydrogen (secondary N) is 1. The lowest BCUT2D eigenvalue weighted by Gasteiger charge is -2.22. The average molecular weight is 273 g/mol. The fourth-order valence-electron chi connectivity index (χ4n) is 2.27. The van der Waals surface area contributed by atoms with Gasteiger partial charge in [-0.15, -0.1) is 0 Å². The van der Waals surface area contributed by atoms with E-state index >= 15 is 0 Å². The molecule has 0 radical (unpaired) electrons. The minimum Gasteiger partial charge on any atom is -0.310 e. The van der Waals surface area contributed by atoms with Crippen molar-refractivity contribution in [3.05, 3.63) is 35.4 Å². The van der Waals surface area contributed by atoms with E-state index in [9.17, 15) is 13.2 Å². The summed E-state index contributed by atoms with van der Waals surface area (Å²) in [4.78, 5) is 0. The van der Waals surface area contributed by atoms with Gasteiger partial charge in [0.25, 0.3) is 0 Å². The Kier molecular flexibility index (Phi) is 6.35. The molecule has 1 atom stereocenters. The van der Waals surface area contributed by atoms with Gasteiger partial charge in [0.05, 0.1) is 5.56 Å². The van der Waals surface area contributed by atoms with Gasteiger partial charge in [0.15, 0.2) is 0 Å². The van der Waals surface area contributed by atoms with E-state index in [1.165, 1.54) is 12.1 Å². The number of hydrogen-bond donors (Lipinski definition) is 1. The Morgan fingerprint density at radius 2 is 1.79 bits per heavy atom. The minimum atomic E-state index is -4.28. The van der Waals surface area contributed by atoms with Gasteiger partial charge in [0.1, 0.15) is 0 Å². The molecule has 0 bridgehead atoms. The van der Waals surface area contributed by atoms with Gasteiger partial charge in [0.2, 0.25) is 0 Å². The fraction of sp³-hybridized carbons (Fsp3) is 0.600. The lowest BCUT2D eigenvalue weighted by atomic mass is 9.95. The molecule has 0 saturated heterocycles. The first kappa shape index (κ1) is 16.0. The Balaban J connectivity index is 2.95. The molecule has 4 heteroatoms. The van der Waals surface area contributed by atoms with Crippen molar-refractivity contribution < 1.29 is 13.2 Å². The van der Waals surface area contributed by atoms with E-state index in [0.29, 0.717) is 12.1 Å². The van der Waals surface area contributed by atoms with Crippen molar-refractivity contribution in [2.75, 3.05) is 6.54 Å². The summed E-state index contributed by atoms with van der Waals surface area (Å²) < 4.78 is 39.0. The van der Waals surface area contributed by atoms with Crippen LogP contribution in [0.15, 0.2) is 24.3 Å². The molecule has 0 aliphatic heterocycles. The quantitative estimate of drug-likeness (QED) is 0.694. The summed E-state index contributed by atoms with van der Waals surface area (Å²) in [5.74, 6) is 0. The molecule has 1 aromatic rings. The van der Waals surface area contributed by atoms with E-state index < -0.39 is 11.7 Å². The molecule has 0 aliphatic carbocycles. The number of halogens is 3. The van der Waals surface area contributed by atoms with Crippen molar-refractivity contribution in [2.45, 2.75) is 51.7 Å². The van der Waals surface area contributed by atoms with E-state index in [1.54, 1.807) is 12.1 Å². The van der Waals surface area contributed by atoms with E-state index in [2.05, 4.69) is 12.2 Å². The third-order valence-corrected chi connectivity index (χ3v) is 3.19. The fourth-order valence-corrected chi connectivity index (χ4v) is 2.27. The highest BCUT2D eigenvalue weighted by Gasteiger charge is 2.34. The van der Waals surface area contributed by atoms with Crippen molar-refractivity contribution in [2.24, 2.45) is 0 Å². The van der Waals surface area contributed by atoms with Crippen LogP contribution < -0.4 is 5.32 Å². The summed E-state index contributed by atoms with van der Waals surface area (Å²) in [6.07, 6.45) is -0.472. The lowest BCUT2D eigenvalue weighted by molar-refractivity contribution is -0.138. The molecule has 1 nitrogen and oxygen atoms in total. The topological polar surface area (TPSA) is 12.0 Å². The lowest BCUT2D eigenvalue weighted by Crippen LogP contribution is -2.24. The summed E-state index contributed by atoms with van der Waals surface area (Å²) >= 11 is 0. The predicted molar refractivity (Wildman–Crippen MR) is 72.0 cm³/mol. The zero-order valence-corrected chi connectivity index (χ0v) is 11.6. The maximum absolute atomic E-state index is 13.0. The zero-order valence-electron chi connectivity index (χ0n) is 11.6. The molecule has 0 fully saturated rings. The highest BCUT2D eigenvalue weighted by Crippen LogP contribution is 2.35. The van der Waals surface area contributed by atoms with Gasteiger partial charge in [-0.2, -0.15) is 13.2 Å². The van der Waals surface area contributed by atoms with Crippen LogP contribution in [0.4, 0.5) is 13.2 Å². The molecule has 19 heavy (non-hydrogen) atoms. The van der Waals surface area contributed by atoms with Gasteiger partial charge in [-0.25, -0.2) is 0 Å². The molecule has 1 rings (SSSR count). The summed E-state index contributed by atoms with van der Waals surface area (Å²) in [6, 6.07) is 5.66. The second-order valence-corrected chi connectivity index (χ2v) is 4.69. The van der Waals surface area contributed by atoms with Crippen LogP contribution in [0.2, 0.25) is 0 Å². The SMILES string of the molecule is CCCCCC(NCC)c1ccccc1C(F)(F)F. The summed E-state index contributed by atoms with van der Waals surface area (Å²) in [6.45, 7) is 4.68. The molecule has 0 saturated carbocycles. The molecular formula is C15H22F3N. The van der Waals surface area contributed by atoms with Crippen LogP contribution in [0.5, 0.6) is 0 Å². The standard InChI is InChI=1S/C15H22F3N/c1-3-5-6-11-14(19-4-2)12-9-7-8-10-13(12)15(16,17)18/h7-10,14,19H,3-6,11H2,1-2H3. The van der Waals surface area contributed by atoms with Crippen molar-refractivity contribution in [1.29, 1.82) is 0 Å². The second kappa shape index (κ2) is 7.53. The minimum absolute atomic E-state index is 0.214. The van der Waals surface area contributed by atoms with Crippen LogP contribution in [0.3, 0.4) is 0 Å². The van der Waals surface area contributed by atoms with Crippen LogP contribution in [-0.4, -0.2) is 6.54 Å². The molecular weight excluding hydrogens is 251 g/mol. The zero-order chi connectivity index (χ0) is 14.3. The largest absolute Gasteiger partial charge is 0.416 e. The molecule has 0 spiro atoms. The molecule has 108 valence electrons. The van der Waals surface area contributed by atoms with E-state index in [1.807, 2.05) is 6.92 Å². The maximum atomic E-state index is 13.0. The number of unbranched alkanes of at least 4 members (excludes halogenated alkanes) is 2. The summed E-state index contributed by atoms with van der Waals surface area (Å²) in [5.41, 5.74) is -0.148. The number of rotatable bonds is 7. The molecule has 0 amide bonds. The van der Waals surface area contributed by atoms with Gasteiger partial charge in [0, 0.05) is 6.04 Å². The van der Waals surface area contributed by atoms with Crippen LogP contribution >= 0.6 is 0 Å². The molecule has 1 unspecified atom stereocenters. The Hall–Kier alpha value is -1.03. The third kappa shape index (κ3) is 4.86. The molecule has 1 aromatic carbocycles. The van der Waals surface area contributed by atoms with Crippen molar-refractivity contribution >= 4 is 0 Å². The molecule has 0 aliphatic rings. The Bertz CT molecular complexity index is 374. The maximum Gasteiger partial charge on any atom is 0.416 e. The van der Waals surface area contributed by atoms with Crippen LogP contribution in [-0.2, 0) is 6.18 Å². The number of benzene rings is 1. The highest BCUT2D eigenvalue weighted by molar-refractivity contribution is 5.32. The van der Waals surface area contributed by atoms with E-state index in [4.69, 9.17) is 0 Å². The number of hydrogen-bond acceptors (Lipinski definition) is 1.